The van der Waals surface area contributed by atoms with Crippen molar-refractivity contribution in [2.75, 3.05) is 5.75 Å². The molecule has 0 amide bonds. The molecule has 2 saturated carbocycles. The molecule has 0 unspecified atom stereocenters. The van der Waals surface area contributed by atoms with E-state index in [1.807, 2.05) is 0 Å². The molecule has 2 N–H and O–H groups in total. The van der Waals surface area contributed by atoms with E-state index in [0.717, 1.165) is 36.2 Å². The highest BCUT2D eigenvalue weighted by molar-refractivity contribution is 8.13. The van der Waals surface area contributed by atoms with E-state index in [0.29, 0.717) is 18.8 Å². The highest BCUT2D eigenvalue weighted by Gasteiger charge is 2.44. The second-order valence-corrected chi connectivity index (χ2v) is 9.29. The average Bonchev–Trinajstić information content (AvgIpc) is 2.91. The Balaban J connectivity index is 1.78. The third-order valence-electron chi connectivity index (χ3n) is 6.41. The minimum Gasteiger partial charge on any atom is -0.393 e. The lowest BCUT2D eigenvalue weighted by Gasteiger charge is -2.41. The molecule has 2 fully saturated rings. The van der Waals surface area contributed by atoms with Crippen LogP contribution >= 0.6 is 11.8 Å². The number of rotatable bonds is 3. The van der Waals surface area contributed by atoms with Gasteiger partial charge in [-0.2, -0.15) is 0 Å². The molecule has 3 aliphatic carbocycles. The number of hydrogen-bond acceptors (Lipinski definition) is 4. The summed E-state index contributed by atoms with van der Waals surface area (Å²) in [5.41, 5.74) is 4.75. The molecule has 0 aromatic rings. The molecular weight excluding hydrogens is 344 g/mol. The standard InChI is InChI=1S/C22H30O3S/c1-14-17(11-19(24)12-21(14)25)7-6-16-5-4-10-22(3)18(8-9-20(16)22)13-26-15(2)23/h6-8,19-21,24-25H,1,4-5,9-13H2,2-3H3/b16-6+,17-7-/t19-,20+,21+,22-/m1/s1. The number of carbonyl (C=O) groups excluding carboxylic acids is 1. The summed E-state index contributed by atoms with van der Waals surface area (Å²) in [5.74, 6) is 1.31. The Hall–Kier alpha value is -1.10. The molecule has 0 aliphatic heterocycles. The van der Waals surface area contributed by atoms with Crippen LogP contribution in [0.5, 0.6) is 0 Å². The van der Waals surface area contributed by atoms with E-state index in [4.69, 9.17) is 0 Å². The molecule has 142 valence electrons. The number of aliphatic hydroxyl groups excluding tert-OH is 2. The van der Waals surface area contributed by atoms with Crippen LogP contribution in [0.15, 0.2) is 47.1 Å². The lowest BCUT2D eigenvalue weighted by atomic mass is 9.64. The highest BCUT2D eigenvalue weighted by atomic mass is 32.2. The number of hydrogen-bond donors (Lipinski definition) is 2. The van der Waals surface area contributed by atoms with E-state index in [1.54, 1.807) is 6.92 Å². The largest absolute Gasteiger partial charge is 0.393 e. The van der Waals surface area contributed by atoms with Gasteiger partial charge in [-0.15, -0.1) is 0 Å². The summed E-state index contributed by atoms with van der Waals surface area (Å²) in [6.07, 6.45) is 10.9. The summed E-state index contributed by atoms with van der Waals surface area (Å²) < 4.78 is 0. The van der Waals surface area contributed by atoms with Gasteiger partial charge in [0.05, 0.1) is 12.2 Å². The van der Waals surface area contributed by atoms with Gasteiger partial charge < -0.3 is 10.2 Å². The van der Waals surface area contributed by atoms with E-state index in [-0.39, 0.29) is 10.5 Å². The number of aliphatic hydroxyl groups is 2. The van der Waals surface area contributed by atoms with E-state index in [9.17, 15) is 15.0 Å². The van der Waals surface area contributed by atoms with Crippen LogP contribution in [0.2, 0.25) is 0 Å². The summed E-state index contributed by atoms with van der Waals surface area (Å²) in [6, 6.07) is 0. The molecule has 4 heteroatoms. The molecule has 3 rings (SSSR count). The van der Waals surface area contributed by atoms with Crippen LogP contribution in [0.3, 0.4) is 0 Å². The van der Waals surface area contributed by atoms with E-state index >= 15 is 0 Å². The third-order valence-corrected chi connectivity index (χ3v) is 7.27. The van der Waals surface area contributed by atoms with Crippen molar-refractivity contribution >= 4 is 16.9 Å². The van der Waals surface area contributed by atoms with Crippen molar-refractivity contribution in [1.29, 1.82) is 0 Å². The van der Waals surface area contributed by atoms with Crippen LogP contribution in [0.4, 0.5) is 0 Å². The van der Waals surface area contributed by atoms with Crippen LogP contribution in [0, 0.1) is 11.3 Å². The molecule has 3 nitrogen and oxygen atoms in total. The summed E-state index contributed by atoms with van der Waals surface area (Å²) >= 11 is 1.42. The second-order valence-electron chi connectivity index (χ2n) is 8.14. The highest BCUT2D eigenvalue weighted by Crippen LogP contribution is 2.55. The normalized spacial score (nSPS) is 37.8. The fourth-order valence-electron chi connectivity index (χ4n) is 4.77. The first-order valence-corrected chi connectivity index (χ1v) is 10.6. The van der Waals surface area contributed by atoms with Crippen LogP contribution in [-0.4, -0.2) is 33.3 Å². The molecule has 0 heterocycles. The van der Waals surface area contributed by atoms with E-state index < -0.39 is 12.2 Å². The fraction of sp³-hybridized carbons (Fsp3) is 0.591. The van der Waals surface area contributed by atoms with Gasteiger partial charge in [0.25, 0.3) is 0 Å². The zero-order chi connectivity index (χ0) is 18.9. The van der Waals surface area contributed by atoms with Crippen molar-refractivity contribution in [3.8, 4) is 0 Å². The summed E-state index contributed by atoms with van der Waals surface area (Å²) in [4.78, 5) is 11.4. The van der Waals surface area contributed by atoms with Crippen LogP contribution < -0.4 is 0 Å². The maximum atomic E-state index is 11.4. The van der Waals surface area contributed by atoms with Crippen molar-refractivity contribution in [1.82, 2.24) is 0 Å². The molecule has 0 saturated heterocycles. The molecule has 4 atom stereocenters. The van der Waals surface area contributed by atoms with Gasteiger partial charge >= 0.3 is 0 Å². The van der Waals surface area contributed by atoms with Crippen molar-refractivity contribution in [3.05, 3.63) is 47.1 Å². The molecule has 0 aromatic carbocycles. The molecule has 0 radical (unpaired) electrons. The molecule has 26 heavy (non-hydrogen) atoms. The quantitative estimate of drug-likeness (QED) is 0.722. The van der Waals surface area contributed by atoms with Gasteiger partial charge in [-0.3, -0.25) is 4.79 Å². The van der Waals surface area contributed by atoms with E-state index in [1.165, 1.54) is 29.3 Å². The monoisotopic (exact) mass is 374 g/mol. The lowest BCUT2D eigenvalue weighted by Crippen LogP contribution is -2.31. The van der Waals surface area contributed by atoms with Gasteiger partial charge in [0.15, 0.2) is 5.12 Å². The molecule has 0 spiro atoms. The second kappa shape index (κ2) is 7.87. The first-order chi connectivity index (χ1) is 12.3. The first kappa shape index (κ1) is 19.7. The van der Waals surface area contributed by atoms with Gasteiger partial charge in [-0.1, -0.05) is 54.6 Å². The first-order valence-electron chi connectivity index (χ1n) is 9.59. The van der Waals surface area contributed by atoms with Gasteiger partial charge in [-0.25, -0.2) is 0 Å². The molecule has 0 bridgehead atoms. The zero-order valence-corrected chi connectivity index (χ0v) is 16.6. The summed E-state index contributed by atoms with van der Waals surface area (Å²) in [6.45, 7) is 7.99. The fourth-order valence-corrected chi connectivity index (χ4v) is 5.58. The molecule has 0 aromatic heterocycles. The zero-order valence-electron chi connectivity index (χ0n) is 15.8. The Bertz CT molecular complexity index is 688. The minimum atomic E-state index is -0.636. The average molecular weight is 375 g/mol. The van der Waals surface area contributed by atoms with Crippen LogP contribution in [0.25, 0.3) is 0 Å². The number of fused-ring (bicyclic) bond motifs is 1. The third kappa shape index (κ3) is 3.92. The Labute approximate surface area is 161 Å². The number of carbonyl (C=O) groups is 1. The van der Waals surface area contributed by atoms with Gasteiger partial charge in [0.1, 0.15) is 0 Å². The van der Waals surface area contributed by atoms with Crippen molar-refractivity contribution in [2.45, 2.75) is 64.6 Å². The van der Waals surface area contributed by atoms with Gasteiger partial charge in [0.2, 0.25) is 0 Å². The molecular formula is C22H30O3S. The van der Waals surface area contributed by atoms with E-state index in [2.05, 4.69) is 31.7 Å². The topological polar surface area (TPSA) is 57.5 Å². The van der Waals surface area contributed by atoms with Crippen molar-refractivity contribution in [3.63, 3.8) is 0 Å². The van der Waals surface area contributed by atoms with Crippen LogP contribution in [0.1, 0.15) is 52.4 Å². The Morgan fingerprint density at radius 2 is 2.19 bits per heavy atom. The van der Waals surface area contributed by atoms with Gasteiger partial charge in [-0.05, 0) is 54.6 Å². The smallest absolute Gasteiger partial charge is 0.186 e. The SMILES string of the molecule is C=C1/C(=C\C=C2/CCC[C@]3(C)C(CSC(C)=O)=CC[C@@H]23)C[C@@H](O)C[C@@H]1O. The number of thioether (sulfide) groups is 1. The Morgan fingerprint density at radius 1 is 1.42 bits per heavy atom. The van der Waals surface area contributed by atoms with Crippen molar-refractivity contribution < 1.29 is 15.0 Å². The molecule has 3 aliphatic rings. The summed E-state index contributed by atoms with van der Waals surface area (Å²) in [5, 5.41) is 20.1. The lowest BCUT2D eigenvalue weighted by molar-refractivity contribution is -0.109. The van der Waals surface area contributed by atoms with Crippen molar-refractivity contribution in [2.24, 2.45) is 11.3 Å². The Morgan fingerprint density at radius 3 is 2.92 bits per heavy atom. The predicted octanol–water partition coefficient (Wildman–Crippen LogP) is 4.33. The summed E-state index contributed by atoms with van der Waals surface area (Å²) in [7, 11) is 0. The van der Waals surface area contributed by atoms with Crippen LogP contribution in [-0.2, 0) is 4.79 Å². The maximum Gasteiger partial charge on any atom is 0.186 e. The number of allylic oxidation sites excluding steroid dienone is 4. The van der Waals surface area contributed by atoms with Gasteiger partial charge in [0, 0.05) is 19.1 Å². The Kier molecular flexibility index (Phi) is 5.95. The predicted molar refractivity (Wildman–Crippen MR) is 108 cm³/mol. The minimum absolute atomic E-state index is 0.160. The maximum absolute atomic E-state index is 11.4.